The normalized spacial score (nSPS) is 12.3. The molecule has 2 heteroatoms. The van der Waals surface area contributed by atoms with Gasteiger partial charge in [-0.05, 0) is 45.4 Å². The third-order valence-electron chi connectivity index (χ3n) is 3.54. The molecule has 0 amide bonds. The van der Waals surface area contributed by atoms with Crippen LogP contribution in [-0.4, -0.2) is 12.1 Å². The van der Waals surface area contributed by atoms with E-state index < -0.39 is 5.41 Å². The van der Waals surface area contributed by atoms with Gasteiger partial charge in [0.1, 0.15) is 12.1 Å². The number of hydrogen-bond acceptors (Lipinski definition) is 2. The SMILES string of the molecule is C=CCC(C=O)(CC=C)C(=O)C[C@H](C)CCC=C(C)C. The Bertz CT molecular complexity index is 363. The summed E-state index contributed by atoms with van der Waals surface area (Å²) in [5, 5.41) is 0. The van der Waals surface area contributed by atoms with E-state index in [4.69, 9.17) is 0 Å². The summed E-state index contributed by atoms with van der Waals surface area (Å²) in [6.45, 7) is 13.5. The second-order valence-corrected chi connectivity index (χ2v) is 5.85. The molecule has 112 valence electrons. The number of Topliss-reactive ketones (excluding diaryl/α,β-unsaturated/α-hetero) is 1. The zero-order chi connectivity index (χ0) is 15.6. The van der Waals surface area contributed by atoms with Gasteiger partial charge < -0.3 is 4.79 Å². The summed E-state index contributed by atoms with van der Waals surface area (Å²) >= 11 is 0. The van der Waals surface area contributed by atoms with Crippen molar-refractivity contribution in [3.05, 3.63) is 37.0 Å². The molecule has 0 N–H and O–H groups in total. The van der Waals surface area contributed by atoms with Crippen LogP contribution in [0, 0.1) is 11.3 Å². The van der Waals surface area contributed by atoms with E-state index in [1.807, 2.05) is 0 Å². The molecule has 0 saturated carbocycles. The summed E-state index contributed by atoms with van der Waals surface area (Å²) in [4.78, 5) is 23.8. The maximum atomic E-state index is 12.4. The third-order valence-corrected chi connectivity index (χ3v) is 3.54. The molecule has 0 rings (SSSR count). The van der Waals surface area contributed by atoms with Crippen LogP contribution in [-0.2, 0) is 9.59 Å². The molecule has 0 aliphatic carbocycles. The van der Waals surface area contributed by atoms with Gasteiger partial charge in [0.15, 0.2) is 0 Å². The van der Waals surface area contributed by atoms with Gasteiger partial charge in [-0.1, -0.05) is 30.7 Å². The maximum absolute atomic E-state index is 12.4. The number of carbonyl (C=O) groups excluding carboxylic acids is 2. The average Bonchev–Trinajstić information content (AvgIpc) is 2.37. The highest BCUT2D eigenvalue weighted by atomic mass is 16.1. The lowest BCUT2D eigenvalue weighted by molar-refractivity contribution is -0.135. The van der Waals surface area contributed by atoms with Crippen LogP contribution in [0.2, 0.25) is 0 Å². The lowest BCUT2D eigenvalue weighted by atomic mass is 9.75. The van der Waals surface area contributed by atoms with Crippen molar-refractivity contribution in [2.75, 3.05) is 0 Å². The van der Waals surface area contributed by atoms with Gasteiger partial charge >= 0.3 is 0 Å². The number of allylic oxidation sites excluding steroid dienone is 4. The first-order valence-corrected chi connectivity index (χ1v) is 7.26. The molecule has 0 aromatic heterocycles. The van der Waals surface area contributed by atoms with Gasteiger partial charge in [0.2, 0.25) is 0 Å². The van der Waals surface area contributed by atoms with Crippen LogP contribution in [0.15, 0.2) is 37.0 Å². The second-order valence-electron chi connectivity index (χ2n) is 5.85. The van der Waals surface area contributed by atoms with E-state index >= 15 is 0 Å². The Hall–Kier alpha value is -1.44. The molecular weight excluding hydrogens is 248 g/mol. The summed E-state index contributed by atoms with van der Waals surface area (Å²) in [5.41, 5.74) is 0.345. The summed E-state index contributed by atoms with van der Waals surface area (Å²) in [5.74, 6) is 0.295. The molecule has 2 nitrogen and oxygen atoms in total. The predicted molar refractivity (Wildman–Crippen MR) is 85.6 cm³/mol. The van der Waals surface area contributed by atoms with E-state index in [2.05, 4.69) is 40.0 Å². The van der Waals surface area contributed by atoms with E-state index in [-0.39, 0.29) is 11.7 Å². The minimum atomic E-state index is -0.950. The largest absolute Gasteiger partial charge is 0.302 e. The standard InChI is InChI=1S/C18H28O2/c1-6-11-18(14-19,12-7-2)17(20)13-16(5)10-8-9-15(3)4/h6-7,9,14,16H,1-2,8,10-13H2,3-5H3/t16-/m1/s1. The summed E-state index contributed by atoms with van der Waals surface area (Å²) in [7, 11) is 0. The predicted octanol–water partition coefficient (Wildman–Crippen LogP) is 4.67. The van der Waals surface area contributed by atoms with Gasteiger partial charge in [-0.15, -0.1) is 13.2 Å². The fourth-order valence-corrected chi connectivity index (χ4v) is 2.27. The minimum absolute atomic E-state index is 0.0111. The van der Waals surface area contributed by atoms with Gasteiger partial charge in [-0.2, -0.15) is 0 Å². The van der Waals surface area contributed by atoms with Crippen LogP contribution in [0.3, 0.4) is 0 Å². The highest BCUT2D eigenvalue weighted by Gasteiger charge is 2.35. The number of aldehydes is 1. The molecule has 0 heterocycles. The molecule has 0 aliphatic rings. The Labute approximate surface area is 123 Å². The number of carbonyl (C=O) groups is 2. The molecule has 0 spiro atoms. The molecule has 0 aliphatic heterocycles. The van der Waals surface area contributed by atoms with Crippen LogP contribution in [0.25, 0.3) is 0 Å². The number of hydrogen-bond donors (Lipinski definition) is 0. The van der Waals surface area contributed by atoms with E-state index in [9.17, 15) is 9.59 Å². The highest BCUT2D eigenvalue weighted by Crippen LogP contribution is 2.30. The average molecular weight is 276 g/mol. The first-order valence-electron chi connectivity index (χ1n) is 7.26. The van der Waals surface area contributed by atoms with Crippen LogP contribution >= 0.6 is 0 Å². The van der Waals surface area contributed by atoms with Crippen molar-refractivity contribution < 1.29 is 9.59 Å². The van der Waals surface area contributed by atoms with Crippen molar-refractivity contribution >= 4 is 12.1 Å². The van der Waals surface area contributed by atoms with Crippen molar-refractivity contribution in [1.29, 1.82) is 0 Å². The van der Waals surface area contributed by atoms with Gasteiger partial charge in [0.25, 0.3) is 0 Å². The van der Waals surface area contributed by atoms with Gasteiger partial charge in [0.05, 0.1) is 5.41 Å². The van der Waals surface area contributed by atoms with Gasteiger partial charge in [0, 0.05) is 6.42 Å². The molecule has 0 saturated heterocycles. The Morgan fingerprint density at radius 3 is 2.15 bits per heavy atom. The van der Waals surface area contributed by atoms with Crippen molar-refractivity contribution in [2.45, 2.75) is 52.9 Å². The first kappa shape index (κ1) is 18.6. The van der Waals surface area contributed by atoms with Crippen LogP contribution in [0.1, 0.15) is 52.9 Å². The third kappa shape index (κ3) is 6.14. The lowest BCUT2D eigenvalue weighted by Crippen LogP contribution is -2.33. The molecule has 0 bridgehead atoms. The van der Waals surface area contributed by atoms with Gasteiger partial charge in [-0.25, -0.2) is 0 Å². The van der Waals surface area contributed by atoms with Crippen LogP contribution in [0.4, 0.5) is 0 Å². The zero-order valence-electron chi connectivity index (χ0n) is 13.2. The van der Waals surface area contributed by atoms with E-state index in [1.165, 1.54) is 5.57 Å². The Balaban J connectivity index is 4.66. The van der Waals surface area contributed by atoms with Gasteiger partial charge in [-0.3, -0.25) is 4.79 Å². The van der Waals surface area contributed by atoms with Crippen molar-refractivity contribution in [3.63, 3.8) is 0 Å². The fourth-order valence-electron chi connectivity index (χ4n) is 2.27. The highest BCUT2D eigenvalue weighted by molar-refractivity contribution is 5.98. The fraction of sp³-hybridized carbons (Fsp3) is 0.556. The summed E-state index contributed by atoms with van der Waals surface area (Å²) < 4.78 is 0. The molecule has 0 aromatic rings. The van der Waals surface area contributed by atoms with Crippen molar-refractivity contribution in [3.8, 4) is 0 Å². The second kappa shape index (κ2) is 9.46. The zero-order valence-corrected chi connectivity index (χ0v) is 13.2. The molecule has 0 aromatic carbocycles. The molecule has 20 heavy (non-hydrogen) atoms. The topological polar surface area (TPSA) is 34.1 Å². The molecule has 0 fully saturated rings. The van der Waals surface area contributed by atoms with Crippen LogP contribution < -0.4 is 0 Å². The molecule has 1 atom stereocenters. The first-order chi connectivity index (χ1) is 9.41. The Morgan fingerprint density at radius 1 is 1.20 bits per heavy atom. The lowest BCUT2D eigenvalue weighted by Gasteiger charge is -2.25. The van der Waals surface area contributed by atoms with Crippen LogP contribution in [0.5, 0.6) is 0 Å². The Kier molecular flexibility index (Phi) is 8.78. The van der Waals surface area contributed by atoms with E-state index in [0.717, 1.165) is 19.1 Å². The smallest absolute Gasteiger partial charge is 0.147 e. The quantitative estimate of drug-likeness (QED) is 0.312. The molecular formula is C18H28O2. The summed E-state index contributed by atoms with van der Waals surface area (Å²) in [6, 6.07) is 0. The van der Waals surface area contributed by atoms with E-state index in [1.54, 1.807) is 12.2 Å². The van der Waals surface area contributed by atoms with Crippen molar-refractivity contribution in [2.24, 2.45) is 11.3 Å². The molecule has 0 unspecified atom stereocenters. The minimum Gasteiger partial charge on any atom is -0.302 e. The molecule has 0 radical (unpaired) electrons. The number of rotatable bonds is 11. The summed E-state index contributed by atoms with van der Waals surface area (Å²) in [6.07, 6.45) is 9.42. The van der Waals surface area contributed by atoms with E-state index in [0.29, 0.717) is 19.3 Å². The Morgan fingerprint density at radius 2 is 1.75 bits per heavy atom. The maximum Gasteiger partial charge on any atom is 0.147 e. The monoisotopic (exact) mass is 276 g/mol. The number of ketones is 1. The van der Waals surface area contributed by atoms with Crippen molar-refractivity contribution in [1.82, 2.24) is 0 Å².